The van der Waals surface area contributed by atoms with Gasteiger partial charge in [-0.3, -0.25) is 10.1 Å². The molecule has 1 aliphatic heterocycles. The van der Waals surface area contributed by atoms with E-state index in [4.69, 9.17) is 13.9 Å². The number of amides is 2. The number of nitro groups is 1. The van der Waals surface area contributed by atoms with Gasteiger partial charge in [0.05, 0.1) is 12.0 Å². The van der Waals surface area contributed by atoms with Gasteiger partial charge in [-0.15, -0.1) is 0 Å². The zero-order valence-corrected chi connectivity index (χ0v) is 22.9. The van der Waals surface area contributed by atoms with Gasteiger partial charge in [0.2, 0.25) is 0 Å². The number of hydrogen-bond donors (Lipinski definition) is 2. The Kier molecular flexibility index (Phi) is 7.88. The number of benzene rings is 3. The molecule has 0 aliphatic carbocycles. The minimum absolute atomic E-state index is 0.0224. The Labute approximate surface area is 235 Å². The normalized spacial score (nSPS) is 14.0. The third-order valence-electron chi connectivity index (χ3n) is 7.13. The number of non-ortho nitro benzene ring substituents is 1. The van der Waals surface area contributed by atoms with Gasteiger partial charge in [-0.25, -0.2) is 9.59 Å². The molecule has 0 bridgehead atoms. The van der Waals surface area contributed by atoms with E-state index in [1.807, 2.05) is 13.0 Å². The summed E-state index contributed by atoms with van der Waals surface area (Å²) in [5.41, 5.74) is 1.83. The van der Waals surface area contributed by atoms with Gasteiger partial charge in [0.25, 0.3) is 5.69 Å². The maximum absolute atomic E-state index is 12.8. The van der Waals surface area contributed by atoms with Crippen molar-refractivity contribution in [3.8, 4) is 22.6 Å². The second-order valence-corrected chi connectivity index (χ2v) is 9.98. The SMILES string of the molecule is COc1ccc(NC(=O)Nc2cc3ccc(OC4CCN(C)CC4)c(C)c3oc2=O)cc1-c1cccc([N+](=O)[O-])c1. The third-order valence-corrected chi connectivity index (χ3v) is 7.13. The number of likely N-dealkylation sites (tertiary alicyclic amines) is 1. The number of nitro benzene ring substituents is 1. The van der Waals surface area contributed by atoms with Gasteiger partial charge in [-0.2, -0.15) is 0 Å². The molecule has 212 valence electrons. The van der Waals surface area contributed by atoms with Gasteiger partial charge in [0.1, 0.15) is 28.9 Å². The Bertz CT molecular complexity index is 1680. The summed E-state index contributed by atoms with van der Waals surface area (Å²) in [7, 11) is 3.58. The van der Waals surface area contributed by atoms with E-state index < -0.39 is 16.6 Å². The zero-order chi connectivity index (χ0) is 29.1. The van der Waals surface area contributed by atoms with Crippen molar-refractivity contribution in [3.63, 3.8) is 0 Å². The highest BCUT2D eigenvalue weighted by Gasteiger charge is 2.20. The molecule has 2 N–H and O–H groups in total. The summed E-state index contributed by atoms with van der Waals surface area (Å²) in [6.07, 6.45) is 1.96. The molecule has 11 nitrogen and oxygen atoms in total. The molecule has 41 heavy (non-hydrogen) atoms. The number of nitrogens with zero attached hydrogens (tertiary/aromatic N) is 2. The molecule has 5 rings (SSSR count). The van der Waals surface area contributed by atoms with E-state index in [1.165, 1.54) is 19.2 Å². The fraction of sp³-hybridized carbons (Fsp3) is 0.267. The molecule has 11 heteroatoms. The number of carbonyl (C=O) groups excluding carboxylic acids is 1. The molecule has 1 aliphatic rings. The van der Waals surface area contributed by atoms with Crippen LogP contribution in [0, 0.1) is 17.0 Å². The predicted octanol–water partition coefficient (Wildman–Crippen LogP) is 5.80. The zero-order valence-electron chi connectivity index (χ0n) is 22.9. The van der Waals surface area contributed by atoms with E-state index in [-0.39, 0.29) is 17.5 Å². The van der Waals surface area contributed by atoms with Crippen LogP contribution in [0.25, 0.3) is 22.1 Å². The van der Waals surface area contributed by atoms with Crippen LogP contribution in [0.15, 0.2) is 69.9 Å². The van der Waals surface area contributed by atoms with Gasteiger partial charge >= 0.3 is 11.7 Å². The van der Waals surface area contributed by atoms with Gasteiger partial charge < -0.3 is 29.4 Å². The lowest BCUT2D eigenvalue weighted by molar-refractivity contribution is -0.384. The minimum atomic E-state index is -0.695. The first-order valence-corrected chi connectivity index (χ1v) is 13.2. The van der Waals surface area contributed by atoms with Gasteiger partial charge in [0.15, 0.2) is 0 Å². The summed E-state index contributed by atoms with van der Waals surface area (Å²) in [6.45, 7) is 3.78. The highest BCUT2D eigenvalue weighted by Crippen LogP contribution is 2.34. The lowest BCUT2D eigenvalue weighted by Gasteiger charge is -2.29. The molecule has 1 aromatic heterocycles. The van der Waals surface area contributed by atoms with Crippen LogP contribution in [0.2, 0.25) is 0 Å². The van der Waals surface area contributed by atoms with Crippen LogP contribution >= 0.6 is 0 Å². The van der Waals surface area contributed by atoms with Crippen molar-refractivity contribution < 1.29 is 23.6 Å². The van der Waals surface area contributed by atoms with Crippen molar-refractivity contribution in [2.75, 3.05) is 37.9 Å². The number of fused-ring (bicyclic) bond motifs is 1. The number of aryl methyl sites for hydroxylation is 1. The fourth-order valence-electron chi connectivity index (χ4n) is 4.89. The standard InChI is InChI=1S/C30H30N4O7/c1-18-26(40-23-11-13-33(2)14-12-23)9-7-20-16-25(29(35)41-28(18)20)32-30(36)31-21-8-10-27(39-3)24(17-21)19-5-4-6-22(15-19)34(37)38/h4-10,15-17,23H,11-14H2,1-3H3,(H2,31,32,36). The highest BCUT2D eigenvalue weighted by molar-refractivity contribution is 6.01. The molecular weight excluding hydrogens is 528 g/mol. The Morgan fingerprint density at radius 3 is 2.54 bits per heavy atom. The average Bonchev–Trinajstić information content (AvgIpc) is 2.96. The maximum Gasteiger partial charge on any atom is 0.360 e. The van der Waals surface area contributed by atoms with E-state index in [0.717, 1.165) is 31.5 Å². The Morgan fingerprint density at radius 1 is 1.05 bits per heavy atom. The molecule has 2 amide bonds. The molecule has 3 aromatic carbocycles. The first-order valence-electron chi connectivity index (χ1n) is 13.2. The number of nitrogens with one attached hydrogen (secondary N) is 2. The largest absolute Gasteiger partial charge is 0.496 e. The van der Waals surface area contributed by atoms with Crippen LogP contribution in [0.1, 0.15) is 18.4 Å². The van der Waals surface area contributed by atoms with Crippen LogP contribution in [0.3, 0.4) is 0 Å². The van der Waals surface area contributed by atoms with Crippen molar-refractivity contribution in [3.05, 3.63) is 86.8 Å². The summed E-state index contributed by atoms with van der Waals surface area (Å²) in [5, 5.41) is 17.1. The number of piperidine rings is 1. The number of anilines is 2. The third kappa shape index (κ3) is 6.15. The van der Waals surface area contributed by atoms with Crippen LogP contribution in [-0.2, 0) is 0 Å². The average molecular weight is 559 g/mol. The second kappa shape index (κ2) is 11.7. The van der Waals surface area contributed by atoms with Crippen molar-refractivity contribution in [1.82, 2.24) is 4.90 Å². The molecule has 0 unspecified atom stereocenters. The maximum atomic E-state index is 12.8. The monoisotopic (exact) mass is 558 g/mol. The summed E-state index contributed by atoms with van der Waals surface area (Å²) in [6, 6.07) is 15.6. The fourth-order valence-corrected chi connectivity index (χ4v) is 4.89. The second-order valence-electron chi connectivity index (χ2n) is 9.98. The summed E-state index contributed by atoms with van der Waals surface area (Å²) < 4.78 is 17.2. The molecular formula is C30H30N4O7. The van der Waals surface area contributed by atoms with E-state index in [9.17, 15) is 19.7 Å². The van der Waals surface area contributed by atoms with E-state index in [1.54, 1.807) is 42.5 Å². The summed E-state index contributed by atoms with van der Waals surface area (Å²) in [5.74, 6) is 1.15. The first kappa shape index (κ1) is 27.7. The van der Waals surface area contributed by atoms with Gasteiger partial charge in [-0.1, -0.05) is 12.1 Å². The van der Waals surface area contributed by atoms with Crippen molar-refractivity contribution in [2.24, 2.45) is 0 Å². The lowest BCUT2D eigenvalue weighted by atomic mass is 10.0. The van der Waals surface area contributed by atoms with E-state index in [2.05, 4.69) is 22.6 Å². The summed E-state index contributed by atoms with van der Waals surface area (Å²) >= 11 is 0. The number of urea groups is 1. The quantitative estimate of drug-likeness (QED) is 0.165. The molecule has 1 saturated heterocycles. The van der Waals surface area contributed by atoms with Crippen LogP contribution in [0.4, 0.5) is 21.9 Å². The molecule has 0 saturated carbocycles. The van der Waals surface area contributed by atoms with Crippen LogP contribution in [0.5, 0.6) is 11.5 Å². The smallest absolute Gasteiger partial charge is 0.360 e. The Balaban J connectivity index is 1.33. The minimum Gasteiger partial charge on any atom is -0.496 e. The number of rotatable bonds is 7. The predicted molar refractivity (Wildman–Crippen MR) is 156 cm³/mol. The summed E-state index contributed by atoms with van der Waals surface area (Å²) in [4.78, 5) is 38.6. The number of carbonyl (C=O) groups is 1. The highest BCUT2D eigenvalue weighted by atomic mass is 16.6. The topological polar surface area (TPSA) is 136 Å². The Morgan fingerprint density at radius 2 is 1.80 bits per heavy atom. The van der Waals surface area contributed by atoms with Gasteiger partial charge in [0, 0.05) is 47.4 Å². The molecule has 0 spiro atoms. The molecule has 1 fully saturated rings. The molecule has 0 radical (unpaired) electrons. The van der Waals surface area contributed by atoms with E-state index in [0.29, 0.717) is 39.3 Å². The molecule has 0 atom stereocenters. The number of ether oxygens (including phenoxy) is 2. The van der Waals surface area contributed by atoms with Crippen molar-refractivity contribution in [2.45, 2.75) is 25.9 Å². The Hall–Kier alpha value is -4.90. The number of hydrogen-bond acceptors (Lipinski definition) is 8. The van der Waals surface area contributed by atoms with Crippen LogP contribution < -0.4 is 25.7 Å². The van der Waals surface area contributed by atoms with Crippen molar-refractivity contribution in [1.29, 1.82) is 0 Å². The van der Waals surface area contributed by atoms with Crippen molar-refractivity contribution >= 4 is 34.1 Å². The first-order chi connectivity index (χ1) is 19.7. The molecule has 2 heterocycles. The van der Waals surface area contributed by atoms with Crippen LogP contribution in [-0.4, -0.2) is 49.2 Å². The number of methoxy groups -OCH3 is 1. The van der Waals surface area contributed by atoms with Gasteiger partial charge in [-0.05, 0) is 68.8 Å². The van der Waals surface area contributed by atoms with E-state index >= 15 is 0 Å². The lowest BCUT2D eigenvalue weighted by Crippen LogP contribution is -2.35. The molecule has 4 aromatic rings.